The molecule has 0 saturated heterocycles. The number of halogens is 1. The zero-order chi connectivity index (χ0) is 11.5. The predicted octanol–water partition coefficient (Wildman–Crippen LogP) is 3.66. The molecule has 0 atom stereocenters. The van der Waals surface area contributed by atoms with Gasteiger partial charge in [0.05, 0.1) is 0 Å². The first kappa shape index (κ1) is 11.4. The normalized spacial score (nSPS) is 15.4. The number of rotatable bonds is 2. The first-order valence-electron chi connectivity index (χ1n) is 5.39. The molecule has 3 heteroatoms. The zero-order valence-corrected chi connectivity index (χ0v) is 10.8. The van der Waals surface area contributed by atoms with Gasteiger partial charge in [0.15, 0.2) is 0 Å². The van der Waals surface area contributed by atoms with Gasteiger partial charge in [-0.15, -0.1) is 0 Å². The highest BCUT2D eigenvalue weighted by Gasteiger charge is 2.19. The molecule has 0 saturated carbocycles. The molecule has 0 spiro atoms. The summed E-state index contributed by atoms with van der Waals surface area (Å²) < 4.78 is 0.984. The van der Waals surface area contributed by atoms with Crippen LogP contribution < -0.4 is 5.32 Å². The lowest BCUT2D eigenvalue weighted by atomic mass is 10.1. The van der Waals surface area contributed by atoms with E-state index in [9.17, 15) is 4.79 Å². The van der Waals surface area contributed by atoms with Crippen molar-refractivity contribution in [3.8, 4) is 0 Å². The molecule has 0 aliphatic heterocycles. The topological polar surface area (TPSA) is 29.1 Å². The molecule has 1 amide bonds. The molecule has 0 bridgehead atoms. The van der Waals surface area contributed by atoms with E-state index >= 15 is 0 Å². The maximum Gasteiger partial charge on any atom is 0.228 e. The van der Waals surface area contributed by atoms with Crippen LogP contribution in [0.25, 0.3) is 0 Å². The van der Waals surface area contributed by atoms with Crippen molar-refractivity contribution in [3.63, 3.8) is 0 Å². The zero-order valence-electron chi connectivity index (χ0n) is 9.16. The first-order valence-corrected chi connectivity index (χ1v) is 6.18. The molecule has 0 aromatic heterocycles. The molecule has 1 aromatic carbocycles. The maximum absolute atomic E-state index is 11.9. The van der Waals surface area contributed by atoms with E-state index < -0.39 is 0 Å². The third-order valence-electron chi connectivity index (χ3n) is 2.84. The average Bonchev–Trinajstić information content (AvgIpc) is 2.76. The summed E-state index contributed by atoms with van der Waals surface area (Å²) in [6, 6.07) is 5.91. The molecule has 0 unspecified atom stereocenters. The van der Waals surface area contributed by atoms with Crippen LogP contribution in [0.2, 0.25) is 0 Å². The fraction of sp³-hybridized carbons (Fsp3) is 0.308. The third-order valence-corrected chi connectivity index (χ3v) is 3.33. The molecule has 1 N–H and O–H groups in total. The lowest BCUT2D eigenvalue weighted by Crippen LogP contribution is -2.21. The summed E-state index contributed by atoms with van der Waals surface area (Å²) in [6.07, 6.45) is 5.85. The summed E-state index contributed by atoms with van der Waals surface area (Å²) in [5.41, 5.74) is 1.98. The van der Waals surface area contributed by atoms with Crippen LogP contribution in [-0.4, -0.2) is 5.91 Å². The summed E-state index contributed by atoms with van der Waals surface area (Å²) in [7, 11) is 0. The van der Waals surface area contributed by atoms with Crippen molar-refractivity contribution >= 4 is 27.5 Å². The smallest absolute Gasteiger partial charge is 0.228 e. The average molecular weight is 280 g/mol. The number of carbonyl (C=O) groups excluding carboxylic acids is 1. The number of hydrogen-bond acceptors (Lipinski definition) is 1. The van der Waals surface area contributed by atoms with Crippen molar-refractivity contribution < 1.29 is 4.79 Å². The highest BCUT2D eigenvalue weighted by atomic mass is 79.9. The Kier molecular flexibility index (Phi) is 3.44. The largest absolute Gasteiger partial charge is 0.326 e. The lowest BCUT2D eigenvalue weighted by Gasteiger charge is -2.12. The van der Waals surface area contributed by atoms with Crippen LogP contribution in [0.15, 0.2) is 34.8 Å². The van der Waals surface area contributed by atoms with Gasteiger partial charge in [-0.1, -0.05) is 34.1 Å². The van der Waals surface area contributed by atoms with E-state index in [0.717, 1.165) is 28.6 Å². The minimum Gasteiger partial charge on any atom is -0.326 e. The van der Waals surface area contributed by atoms with Gasteiger partial charge in [0.25, 0.3) is 0 Å². The van der Waals surface area contributed by atoms with E-state index in [1.165, 1.54) is 0 Å². The van der Waals surface area contributed by atoms with Crippen LogP contribution >= 0.6 is 15.9 Å². The van der Waals surface area contributed by atoms with Crippen LogP contribution in [0, 0.1) is 12.8 Å². The molecule has 1 aromatic rings. The standard InChI is InChI=1S/C13H14BrNO/c1-9-6-7-11(14)8-12(9)15-13(16)10-4-2-3-5-10/h2-3,6-8,10H,4-5H2,1H3,(H,15,16). The minimum absolute atomic E-state index is 0.110. The van der Waals surface area contributed by atoms with Crippen LogP contribution in [-0.2, 0) is 4.79 Å². The van der Waals surface area contributed by atoms with Crippen molar-refractivity contribution in [2.75, 3.05) is 5.32 Å². The quantitative estimate of drug-likeness (QED) is 0.823. The van der Waals surface area contributed by atoms with Crippen LogP contribution in [0.4, 0.5) is 5.69 Å². The summed E-state index contributed by atoms with van der Waals surface area (Å²) >= 11 is 3.41. The van der Waals surface area contributed by atoms with E-state index in [4.69, 9.17) is 0 Å². The Morgan fingerprint density at radius 1 is 1.38 bits per heavy atom. The van der Waals surface area contributed by atoms with Gasteiger partial charge in [-0.2, -0.15) is 0 Å². The van der Waals surface area contributed by atoms with E-state index in [-0.39, 0.29) is 11.8 Å². The van der Waals surface area contributed by atoms with Crippen molar-refractivity contribution in [1.29, 1.82) is 0 Å². The molecule has 16 heavy (non-hydrogen) atoms. The van der Waals surface area contributed by atoms with E-state index in [2.05, 4.69) is 33.4 Å². The molecule has 0 radical (unpaired) electrons. The van der Waals surface area contributed by atoms with Gasteiger partial charge in [-0.05, 0) is 37.5 Å². The van der Waals surface area contributed by atoms with Gasteiger partial charge < -0.3 is 5.32 Å². The molecule has 0 fully saturated rings. The lowest BCUT2D eigenvalue weighted by molar-refractivity contribution is -0.119. The fourth-order valence-electron chi connectivity index (χ4n) is 1.79. The molecule has 2 rings (SSSR count). The van der Waals surface area contributed by atoms with Crippen molar-refractivity contribution in [2.45, 2.75) is 19.8 Å². The summed E-state index contributed by atoms with van der Waals surface area (Å²) in [5.74, 6) is 0.226. The predicted molar refractivity (Wildman–Crippen MR) is 69.4 cm³/mol. The number of carbonyl (C=O) groups is 1. The third kappa shape index (κ3) is 2.53. The maximum atomic E-state index is 11.9. The number of amides is 1. The monoisotopic (exact) mass is 279 g/mol. The molecule has 1 aliphatic rings. The first-order chi connectivity index (χ1) is 7.66. The number of allylic oxidation sites excluding steroid dienone is 2. The van der Waals surface area contributed by atoms with Gasteiger partial charge in [0.1, 0.15) is 0 Å². The molecule has 1 aliphatic carbocycles. The molecular formula is C13H14BrNO. The number of anilines is 1. The van der Waals surface area contributed by atoms with Gasteiger partial charge in [0.2, 0.25) is 5.91 Å². The minimum atomic E-state index is 0.110. The SMILES string of the molecule is Cc1ccc(Br)cc1NC(=O)C1CC=CC1. The van der Waals surface area contributed by atoms with Gasteiger partial charge in [-0.25, -0.2) is 0 Å². The Labute approximate surface area is 104 Å². The second kappa shape index (κ2) is 4.83. The Bertz CT molecular complexity index is 432. The molecule has 2 nitrogen and oxygen atoms in total. The number of benzene rings is 1. The highest BCUT2D eigenvalue weighted by molar-refractivity contribution is 9.10. The van der Waals surface area contributed by atoms with Crippen LogP contribution in [0.3, 0.4) is 0 Å². The van der Waals surface area contributed by atoms with Crippen LogP contribution in [0.1, 0.15) is 18.4 Å². The number of nitrogens with one attached hydrogen (secondary N) is 1. The Hall–Kier alpha value is -1.09. The van der Waals surface area contributed by atoms with Crippen molar-refractivity contribution in [1.82, 2.24) is 0 Å². The second-order valence-electron chi connectivity index (χ2n) is 4.09. The summed E-state index contributed by atoms with van der Waals surface area (Å²) in [6.45, 7) is 1.99. The molecule has 84 valence electrons. The van der Waals surface area contributed by atoms with Crippen LogP contribution in [0.5, 0.6) is 0 Å². The van der Waals surface area contributed by atoms with Crippen molar-refractivity contribution in [2.24, 2.45) is 5.92 Å². The highest BCUT2D eigenvalue weighted by Crippen LogP contribution is 2.24. The Morgan fingerprint density at radius 3 is 2.75 bits per heavy atom. The summed E-state index contributed by atoms with van der Waals surface area (Å²) in [5, 5.41) is 2.98. The van der Waals surface area contributed by atoms with E-state index in [1.54, 1.807) is 0 Å². The Balaban J connectivity index is 2.08. The molecular weight excluding hydrogens is 266 g/mol. The van der Waals surface area contributed by atoms with E-state index in [1.807, 2.05) is 25.1 Å². The van der Waals surface area contributed by atoms with Gasteiger partial charge in [0, 0.05) is 16.1 Å². The fourth-order valence-corrected chi connectivity index (χ4v) is 2.16. The number of hydrogen-bond donors (Lipinski definition) is 1. The van der Waals surface area contributed by atoms with Gasteiger partial charge in [-0.3, -0.25) is 4.79 Å². The van der Waals surface area contributed by atoms with Crippen molar-refractivity contribution in [3.05, 3.63) is 40.4 Å². The second-order valence-corrected chi connectivity index (χ2v) is 5.00. The number of aryl methyl sites for hydroxylation is 1. The molecule has 0 heterocycles. The Morgan fingerprint density at radius 2 is 2.06 bits per heavy atom. The summed E-state index contributed by atoms with van der Waals surface area (Å²) in [4.78, 5) is 11.9. The van der Waals surface area contributed by atoms with E-state index in [0.29, 0.717) is 0 Å². The van der Waals surface area contributed by atoms with Gasteiger partial charge >= 0.3 is 0 Å².